The molecule has 0 radical (unpaired) electrons. The number of hydrogen-bond donors (Lipinski definition) is 2. The molecule has 2 rings (SSSR count). The minimum Gasteiger partial charge on any atom is -0.507 e. The van der Waals surface area contributed by atoms with Crippen molar-refractivity contribution >= 4 is 11.6 Å². The molecule has 2 aromatic heterocycles. The van der Waals surface area contributed by atoms with Gasteiger partial charge in [-0.15, -0.1) is 0 Å². The molecule has 0 bridgehead atoms. The van der Waals surface area contributed by atoms with Crippen molar-refractivity contribution in [1.82, 2.24) is 14.7 Å². The largest absolute Gasteiger partial charge is 0.507 e. The molecular formula is C11H13N3O2. The predicted molar refractivity (Wildman–Crippen MR) is 59.1 cm³/mol. The second-order valence-corrected chi connectivity index (χ2v) is 3.68. The van der Waals surface area contributed by atoms with Crippen molar-refractivity contribution in [2.45, 2.75) is 20.4 Å². The second-order valence-electron chi connectivity index (χ2n) is 3.68. The number of amides is 1. The van der Waals surface area contributed by atoms with Crippen LogP contribution in [-0.4, -0.2) is 20.4 Å². The molecule has 0 saturated heterocycles. The van der Waals surface area contributed by atoms with Crippen LogP contribution < -0.4 is 5.32 Å². The topological polar surface area (TPSA) is 66.6 Å². The Kier molecular flexibility index (Phi) is 2.52. The molecule has 1 amide bonds. The standard InChI is InChI=1S/C11H13N3O2/c1-7-5-10(16)9(6-13-8(2)15)11-12-3-4-14(7)11/h3-5,16H,6H2,1-2H3,(H,13,15). The number of aromatic nitrogens is 2. The van der Waals surface area contributed by atoms with Crippen molar-refractivity contribution in [1.29, 1.82) is 0 Å². The van der Waals surface area contributed by atoms with E-state index in [0.717, 1.165) is 5.69 Å². The fraction of sp³-hybridized carbons (Fsp3) is 0.273. The molecule has 5 nitrogen and oxygen atoms in total. The summed E-state index contributed by atoms with van der Waals surface area (Å²) in [6.07, 6.45) is 3.49. The first-order valence-corrected chi connectivity index (χ1v) is 4.98. The van der Waals surface area contributed by atoms with Crippen LogP contribution in [0.1, 0.15) is 18.2 Å². The third kappa shape index (κ3) is 1.71. The molecule has 2 aromatic rings. The zero-order valence-electron chi connectivity index (χ0n) is 9.19. The number of rotatable bonds is 2. The number of aromatic hydroxyl groups is 1. The van der Waals surface area contributed by atoms with E-state index in [1.807, 2.05) is 17.5 Å². The van der Waals surface area contributed by atoms with E-state index in [1.54, 1.807) is 12.3 Å². The lowest BCUT2D eigenvalue weighted by Crippen LogP contribution is -2.19. The molecule has 0 unspecified atom stereocenters. The van der Waals surface area contributed by atoms with Gasteiger partial charge in [-0.25, -0.2) is 4.98 Å². The fourth-order valence-electron chi connectivity index (χ4n) is 1.66. The number of pyridine rings is 1. The second kappa shape index (κ2) is 3.84. The lowest BCUT2D eigenvalue weighted by molar-refractivity contribution is -0.119. The number of nitrogens with zero attached hydrogens (tertiary/aromatic N) is 2. The van der Waals surface area contributed by atoms with Crippen LogP contribution in [-0.2, 0) is 11.3 Å². The first kappa shape index (κ1) is 10.5. The van der Waals surface area contributed by atoms with Crippen LogP contribution in [0.2, 0.25) is 0 Å². The monoisotopic (exact) mass is 219 g/mol. The minimum atomic E-state index is -0.135. The molecule has 0 aliphatic heterocycles. The highest BCUT2D eigenvalue weighted by Gasteiger charge is 2.10. The van der Waals surface area contributed by atoms with E-state index in [4.69, 9.17) is 0 Å². The maximum Gasteiger partial charge on any atom is 0.217 e. The van der Waals surface area contributed by atoms with Gasteiger partial charge in [0.1, 0.15) is 11.4 Å². The smallest absolute Gasteiger partial charge is 0.217 e. The van der Waals surface area contributed by atoms with Crippen molar-refractivity contribution in [2.75, 3.05) is 0 Å². The van der Waals surface area contributed by atoms with Crippen LogP contribution >= 0.6 is 0 Å². The van der Waals surface area contributed by atoms with Gasteiger partial charge >= 0.3 is 0 Å². The average molecular weight is 219 g/mol. The van der Waals surface area contributed by atoms with Crippen molar-refractivity contribution < 1.29 is 9.90 Å². The molecule has 0 aromatic carbocycles. The molecule has 0 saturated carbocycles. The quantitative estimate of drug-likeness (QED) is 0.791. The van der Waals surface area contributed by atoms with Gasteiger partial charge in [-0.1, -0.05) is 0 Å². The summed E-state index contributed by atoms with van der Waals surface area (Å²) in [6.45, 7) is 3.60. The van der Waals surface area contributed by atoms with Gasteiger partial charge in [0.05, 0.1) is 12.1 Å². The zero-order chi connectivity index (χ0) is 11.7. The number of carbonyl (C=O) groups is 1. The third-order valence-corrected chi connectivity index (χ3v) is 2.46. The lowest BCUT2D eigenvalue weighted by atomic mass is 10.2. The predicted octanol–water partition coefficient (Wildman–Crippen LogP) is 0.984. The number of aryl methyl sites for hydroxylation is 1. The summed E-state index contributed by atoms with van der Waals surface area (Å²) >= 11 is 0. The Bertz CT molecular complexity index is 545. The Hall–Kier alpha value is -2.04. The summed E-state index contributed by atoms with van der Waals surface area (Å²) in [5, 5.41) is 12.5. The molecule has 2 N–H and O–H groups in total. The molecule has 0 aliphatic carbocycles. The van der Waals surface area contributed by atoms with Crippen LogP contribution in [0.4, 0.5) is 0 Å². The molecule has 0 spiro atoms. The van der Waals surface area contributed by atoms with Crippen LogP contribution in [0.25, 0.3) is 5.65 Å². The summed E-state index contributed by atoms with van der Waals surface area (Å²) in [5.74, 6) is 0.0228. The maximum absolute atomic E-state index is 10.8. The molecule has 5 heteroatoms. The minimum absolute atomic E-state index is 0.135. The third-order valence-electron chi connectivity index (χ3n) is 2.46. The maximum atomic E-state index is 10.8. The Labute approximate surface area is 92.7 Å². The molecule has 0 aliphatic rings. The van der Waals surface area contributed by atoms with Gasteiger partial charge in [-0.3, -0.25) is 4.79 Å². The van der Waals surface area contributed by atoms with E-state index < -0.39 is 0 Å². The Morgan fingerprint density at radius 3 is 3.06 bits per heavy atom. The SMILES string of the molecule is CC(=O)NCc1c(O)cc(C)n2ccnc12. The van der Waals surface area contributed by atoms with Gasteiger partial charge < -0.3 is 14.8 Å². The zero-order valence-corrected chi connectivity index (χ0v) is 9.19. The summed E-state index contributed by atoms with van der Waals surface area (Å²) in [5.41, 5.74) is 2.20. The molecule has 0 fully saturated rings. The number of imidazole rings is 1. The van der Waals surface area contributed by atoms with Gasteiger partial charge in [-0.2, -0.15) is 0 Å². The number of fused-ring (bicyclic) bond motifs is 1. The molecule has 0 atom stereocenters. The van der Waals surface area contributed by atoms with Crippen LogP contribution in [0.5, 0.6) is 5.75 Å². The highest BCUT2D eigenvalue weighted by atomic mass is 16.3. The normalized spacial score (nSPS) is 10.6. The van der Waals surface area contributed by atoms with Gasteiger partial charge in [-0.05, 0) is 13.0 Å². The van der Waals surface area contributed by atoms with E-state index in [0.29, 0.717) is 11.2 Å². The van der Waals surface area contributed by atoms with Crippen LogP contribution in [0, 0.1) is 6.92 Å². The lowest BCUT2D eigenvalue weighted by Gasteiger charge is -2.09. The molecule has 16 heavy (non-hydrogen) atoms. The van der Waals surface area contributed by atoms with Crippen molar-refractivity contribution in [3.63, 3.8) is 0 Å². The van der Waals surface area contributed by atoms with Gasteiger partial charge in [0.25, 0.3) is 0 Å². The summed E-state index contributed by atoms with van der Waals surface area (Å²) in [6, 6.07) is 1.66. The van der Waals surface area contributed by atoms with E-state index in [9.17, 15) is 9.90 Å². The first-order chi connectivity index (χ1) is 7.59. The average Bonchev–Trinajstić information content (AvgIpc) is 2.65. The van der Waals surface area contributed by atoms with Gasteiger partial charge in [0, 0.05) is 25.0 Å². The van der Waals surface area contributed by atoms with Crippen molar-refractivity contribution in [2.24, 2.45) is 0 Å². The highest BCUT2D eigenvalue weighted by molar-refractivity contribution is 5.73. The number of nitrogens with one attached hydrogen (secondary N) is 1. The van der Waals surface area contributed by atoms with Crippen molar-refractivity contribution in [3.8, 4) is 5.75 Å². The van der Waals surface area contributed by atoms with E-state index in [-0.39, 0.29) is 18.2 Å². The summed E-state index contributed by atoms with van der Waals surface area (Å²) < 4.78 is 1.87. The molecule has 2 heterocycles. The molecule has 84 valence electrons. The van der Waals surface area contributed by atoms with Crippen molar-refractivity contribution in [3.05, 3.63) is 29.7 Å². The van der Waals surface area contributed by atoms with Gasteiger partial charge in [0.15, 0.2) is 0 Å². The Morgan fingerprint density at radius 2 is 2.38 bits per heavy atom. The summed E-state index contributed by atoms with van der Waals surface area (Å²) in [7, 11) is 0. The highest BCUT2D eigenvalue weighted by Crippen LogP contribution is 2.23. The molecular weight excluding hydrogens is 206 g/mol. The Morgan fingerprint density at radius 1 is 1.62 bits per heavy atom. The van der Waals surface area contributed by atoms with Crippen LogP contribution in [0.3, 0.4) is 0 Å². The van der Waals surface area contributed by atoms with Gasteiger partial charge in [0.2, 0.25) is 5.91 Å². The number of hydrogen-bond acceptors (Lipinski definition) is 3. The van der Waals surface area contributed by atoms with E-state index in [1.165, 1.54) is 6.92 Å². The fourth-order valence-corrected chi connectivity index (χ4v) is 1.66. The van der Waals surface area contributed by atoms with Crippen LogP contribution in [0.15, 0.2) is 18.5 Å². The Balaban J connectivity index is 2.50. The van der Waals surface area contributed by atoms with E-state index >= 15 is 0 Å². The first-order valence-electron chi connectivity index (χ1n) is 4.98. The summed E-state index contributed by atoms with van der Waals surface area (Å²) in [4.78, 5) is 15.0. The van der Waals surface area contributed by atoms with E-state index in [2.05, 4.69) is 10.3 Å². The number of carbonyl (C=O) groups excluding carboxylic acids is 1.